The van der Waals surface area contributed by atoms with Gasteiger partial charge in [-0.15, -0.1) is 5.10 Å². The molecule has 1 N–H and O–H groups in total. The molecule has 0 spiro atoms. The minimum atomic E-state index is -9.92. The number of nitrogens with zero attached hydrogens (tertiary/aromatic N) is 7. The van der Waals surface area contributed by atoms with Gasteiger partial charge in [-0.3, -0.25) is 14.4 Å². The molecule has 5 aromatic rings. The minimum absolute atomic E-state index is 0.0903. The number of allylic oxidation sites excluding steroid dienone is 2. The van der Waals surface area contributed by atoms with Gasteiger partial charge in [0.1, 0.15) is 24.4 Å². The smallest absolute Gasteiger partial charge is 0.310 e. The highest BCUT2D eigenvalue weighted by Gasteiger charge is 2.65. The number of benzene rings is 2. The number of rotatable bonds is 11. The number of hydrogen-bond donors (Lipinski definition) is 1. The largest absolute Gasteiger partial charge is 0.485 e. The molecule has 0 bridgehead atoms. The van der Waals surface area contributed by atoms with Crippen molar-refractivity contribution in [3.8, 4) is 5.75 Å². The summed E-state index contributed by atoms with van der Waals surface area (Å²) in [4.78, 5) is 54.6. The van der Waals surface area contributed by atoms with Crippen LogP contribution in [0, 0.1) is 6.92 Å². The van der Waals surface area contributed by atoms with E-state index in [0.717, 1.165) is 53.5 Å². The van der Waals surface area contributed by atoms with E-state index >= 15 is 0 Å². The molecule has 2 aromatic carbocycles. The molecular weight excluding hydrogens is 784 g/mol. The van der Waals surface area contributed by atoms with E-state index in [0.29, 0.717) is 29.2 Å². The summed E-state index contributed by atoms with van der Waals surface area (Å²) >= 11 is 0. The second kappa shape index (κ2) is 15.1. The van der Waals surface area contributed by atoms with Crippen LogP contribution in [0.5, 0.6) is 5.75 Å². The number of carbonyl (C=O) groups is 2. The summed E-state index contributed by atoms with van der Waals surface area (Å²) in [6, 6.07) is 11.4. The first-order chi connectivity index (χ1) is 27.5. The molecule has 4 heterocycles. The van der Waals surface area contributed by atoms with Gasteiger partial charge >= 0.3 is 10.2 Å². The van der Waals surface area contributed by atoms with Crippen molar-refractivity contribution in [2.75, 3.05) is 18.4 Å². The fourth-order valence-corrected chi connectivity index (χ4v) is 7.85. The summed E-state index contributed by atoms with van der Waals surface area (Å²) in [7, 11) is -9.92. The van der Waals surface area contributed by atoms with Crippen LogP contribution in [-0.2, 0) is 24.4 Å². The summed E-state index contributed by atoms with van der Waals surface area (Å²) in [5, 5.41) is 7.10. The maximum Gasteiger partial charge on any atom is 0.310 e. The van der Waals surface area contributed by atoms with Crippen LogP contribution in [0.15, 0.2) is 82.8 Å². The van der Waals surface area contributed by atoms with E-state index in [2.05, 4.69) is 20.4 Å². The molecule has 58 heavy (non-hydrogen) atoms. The Morgan fingerprint density at radius 2 is 1.67 bits per heavy atom. The third kappa shape index (κ3) is 8.66. The van der Waals surface area contributed by atoms with Crippen LogP contribution >= 0.6 is 10.2 Å². The number of hydrogen-bond acceptors (Lipinski definition) is 8. The van der Waals surface area contributed by atoms with Gasteiger partial charge in [0.05, 0.1) is 11.3 Å². The number of aromatic nitrogens is 6. The van der Waals surface area contributed by atoms with Gasteiger partial charge in [-0.05, 0) is 86.4 Å². The molecule has 0 fully saturated rings. The number of nitrogens with one attached hydrogen (secondary N) is 1. The second-order valence-corrected chi connectivity index (χ2v) is 16.6. The fourth-order valence-electron chi connectivity index (χ4n) is 7.20. The van der Waals surface area contributed by atoms with Gasteiger partial charge in [-0.2, -0.15) is 9.50 Å². The fraction of sp³-hybridized carbons (Fsp3) is 0.325. The van der Waals surface area contributed by atoms with Gasteiger partial charge < -0.3 is 19.5 Å². The Bertz CT molecular complexity index is 2520. The Hall–Kier alpha value is -5.91. The first-order valence-electron chi connectivity index (χ1n) is 18.8. The van der Waals surface area contributed by atoms with Crippen molar-refractivity contribution >= 4 is 44.6 Å². The van der Waals surface area contributed by atoms with Crippen LogP contribution in [0.1, 0.15) is 84.3 Å². The Morgan fingerprint density at radius 1 is 0.914 bits per heavy atom. The lowest BCUT2D eigenvalue weighted by atomic mass is 9.97. The quantitative estimate of drug-likeness (QED) is 0.131. The number of ether oxygens (including phenoxy) is 1. The molecule has 306 valence electrons. The van der Waals surface area contributed by atoms with Gasteiger partial charge in [-0.1, -0.05) is 75.3 Å². The van der Waals surface area contributed by atoms with Crippen molar-refractivity contribution in [3.05, 3.63) is 117 Å². The Morgan fingerprint density at radius 3 is 2.36 bits per heavy atom. The number of carbonyl (C=O) groups excluding carboxylic acids is 2. The number of aryl methyl sites for hydroxylation is 1. The zero-order chi connectivity index (χ0) is 41.3. The number of halogens is 5. The predicted molar refractivity (Wildman–Crippen MR) is 210 cm³/mol. The molecule has 0 radical (unpaired) electrons. The van der Waals surface area contributed by atoms with E-state index in [4.69, 9.17) is 9.72 Å². The number of amides is 2. The molecular formula is C40H41F5N8O4S. The molecule has 0 unspecified atom stereocenters. The maximum absolute atomic E-state index is 14.4. The molecule has 0 saturated heterocycles. The molecule has 7 rings (SSSR count). The number of anilines is 1. The molecule has 1 aliphatic heterocycles. The lowest BCUT2D eigenvalue weighted by molar-refractivity contribution is -0.116. The van der Waals surface area contributed by atoms with Gasteiger partial charge in [-0.25, -0.2) is 9.97 Å². The molecule has 0 saturated carbocycles. The third-order valence-corrected chi connectivity index (χ3v) is 11.3. The van der Waals surface area contributed by atoms with Gasteiger partial charge in [0.2, 0.25) is 11.7 Å². The topological polar surface area (TPSA) is 137 Å². The Balaban J connectivity index is 1.21. The van der Waals surface area contributed by atoms with Crippen molar-refractivity contribution in [3.63, 3.8) is 0 Å². The highest BCUT2D eigenvalue weighted by Crippen LogP contribution is 3.02. The Kier molecular flexibility index (Phi) is 10.5. The predicted octanol–water partition coefficient (Wildman–Crippen LogP) is 8.70. The van der Waals surface area contributed by atoms with Crippen molar-refractivity contribution in [2.24, 2.45) is 0 Å². The summed E-state index contributed by atoms with van der Waals surface area (Å²) < 4.78 is 75.4. The van der Waals surface area contributed by atoms with Gasteiger partial charge in [0.15, 0.2) is 17.3 Å². The third-order valence-electron chi connectivity index (χ3n) is 10.1. The zero-order valence-corrected chi connectivity index (χ0v) is 32.6. The maximum atomic E-state index is 14.4. The average molecular weight is 825 g/mol. The summed E-state index contributed by atoms with van der Waals surface area (Å²) in [5.41, 5.74) is 3.15. The lowest BCUT2D eigenvalue weighted by Crippen LogP contribution is -2.37. The lowest BCUT2D eigenvalue weighted by Gasteiger charge is -2.40. The first kappa shape index (κ1) is 40.3. The van der Waals surface area contributed by atoms with Crippen LogP contribution < -0.4 is 15.6 Å². The van der Waals surface area contributed by atoms with Crippen LogP contribution in [-0.4, -0.2) is 58.9 Å². The summed E-state index contributed by atoms with van der Waals surface area (Å²) in [6.45, 7) is 3.65. The van der Waals surface area contributed by atoms with E-state index in [-0.39, 0.29) is 79.0 Å². The standard InChI is InChI=1S/C40H41F5N8O4S/c1-3-32-34(28-19-21-51(22-20-28)39(56)35-36(26(2)46-25-47-35)57-24-27-11-7-6-8-12-27)38(55)53-40(49-37(50-53)29-13-9-4-5-10-14-29)52(32)23-33(54)48-30-15-17-31(18-16-30)58(41,42,43,44)45/h6-8,11-13,15-19,25H,3-5,9-10,14,20-24H2,1-2H3,(H,48,54). The van der Waals surface area contributed by atoms with Crippen molar-refractivity contribution < 1.29 is 33.8 Å². The van der Waals surface area contributed by atoms with Gasteiger partial charge in [0, 0.05) is 24.5 Å². The van der Waals surface area contributed by atoms with Crippen molar-refractivity contribution in [1.29, 1.82) is 0 Å². The van der Waals surface area contributed by atoms with E-state index in [1.165, 1.54) is 6.33 Å². The second-order valence-electron chi connectivity index (χ2n) is 14.2. The Labute approximate surface area is 330 Å². The molecule has 3 aromatic heterocycles. The average Bonchev–Trinajstić information content (AvgIpc) is 3.46. The monoisotopic (exact) mass is 824 g/mol. The zero-order valence-electron chi connectivity index (χ0n) is 31.8. The molecule has 0 atom stereocenters. The highest BCUT2D eigenvalue weighted by molar-refractivity contribution is 8.45. The van der Waals surface area contributed by atoms with Crippen LogP contribution in [0.4, 0.5) is 25.1 Å². The summed E-state index contributed by atoms with van der Waals surface area (Å²) in [5.74, 6) is -0.377. The van der Waals surface area contributed by atoms with Crippen molar-refractivity contribution in [1.82, 2.24) is 34.0 Å². The minimum Gasteiger partial charge on any atom is -0.485 e. The first-order valence-corrected chi connectivity index (χ1v) is 20.8. The SMILES string of the molecule is CCc1c(C2=CCN(C(=O)c3ncnc(C)c3OCc3ccccc3)CC2)c(=O)n2nc(C3=CCCCCC3)nc2n1CC(=O)Nc1ccc(S(F)(F)(F)(F)F)cc1. The van der Waals surface area contributed by atoms with Gasteiger partial charge in [0.25, 0.3) is 11.5 Å². The molecule has 2 aliphatic rings. The summed E-state index contributed by atoms with van der Waals surface area (Å²) in [6.07, 6.45) is 10.1. The highest BCUT2D eigenvalue weighted by atomic mass is 32.5. The van der Waals surface area contributed by atoms with E-state index in [9.17, 15) is 33.8 Å². The molecule has 18 heteroatoms. The van der Waals surface area contributed by atoms with E-state index in [1.54, 1.807) is 29.4 Å². The number of fused-ring (bicyclic) bond motifs is 1. The normalized spacial score (nSPS) is 16.2. The molecule has 12 nitrogen and oxygen atoms in total. The van der Waals surface area contributed by atoms with Crippen LogP contribution in [0.3, 0.4) is 0 Å². The van der Waals surface area contributed by atoms with E-state index < -0.39 is 33.1 Å². The van der Waals surface area contributed by atoms with E-state index in [1.807, 2.05) is 36.4 Å². The molecule has 1 aliphatic carbocycles. The molecule has 2 amide bonds. The van der Waals surface area contributed by atoms with Crippen LogP contribution in [0.2, 0.25) is 0 Å². The van der Waals surface area contributed by atoms with Crippen molar-refractivity contribution in [2.45, 2.75) is 76.8 Å². The van der Waals surface area contributed by atoms with Crippen LogP contribution in [0.25, 0.3) is 16.9 Å².